The third-order valence-electron chi connectivity index (χ3n) is 1.59. The molecule has 0 saturated carbocycles. The zero-order valence-electron chi connectivity index (χ0n) is 7.27. The first-order valence-electron chi connectivity index (χ1n) is 4.00. The van der Waals surface area contributed by atoms with Gasteiger partial charge >= 0.3 is 0 Å². The van der Waals surface area contributed by atoms with Gasteiger partial charge in [0.15, 0.2) is 0 Å². The van der Waals surface area contributed by atoms with Crippen molar-refractivity contribution in [1.29, 1.82) is 0 Å². The molecule has 0 aromatic rings. The van der Waals surface area contributed by atoms with Crippen LogP contribution in [0.1, 0.15) is 25.7 Å². The zero-order valence-corrected chi connectivity index (χ0v) is 11.6. The van der Waals surface area contributed by atoms with Crippen molar-refractivity contribution in [2.75, 3.05) is 0 Å². The van der Waals surface area contributed by atoms with Gasteiger partial charge in [0.2, 0.25) is 0 Å². The molecule has 82 valence electrons. The molecule has 0 aromatic heterocycles. The lowest BCUT2D eigenvalue weighted by atomic mass is 10.2. The summed E-state index contributed by atoms with van der Waals surface area (Å²) in [6.45, 7) is 0. The van der Waals surface area contributed by atoms with Crippen molar-refractivity contribution in [2.45, 2.75) is 33.8 Å². The molecule has 0 saturated heterocycles. The molecule has 0 aromatic carbocycles. The van der Waals surface area contributed by atoms with Gasteiger partial charge in [-0.25, -0.2) is 0 Å². The Kier molecular flexibility index (Phi) is 7.68. The molecule has 0 fully saturated rings. The Hall–Kier alpha value is 0.260. The first-order valence-corrected chi connectivity index (χ1v) is 6.49. The summed E-state index contributed by atoms with van der Waals surface area (Å²) in [7, 11) is 0. The standard InChI is InChI=1S/C6H10I2N2O4/c7-5(9(11)12)3-1-2-4-6(8)10(13)14/h5-6H,1-4H2. The van der Waals surface area contributed by atoms with E-state index in [0.29, 0.717) is 25.7 Å². The van der Waals surface area contributed by atoms with Crippen LogP contribution >= 0.6 is 45.2 Å². The van der Waals surface area contributed by atoms with E-state index in [4.69, 9.17) is 0 Å². The van der Waals surface area contributed by atoms with E-state index in [1.165, 1.54) is 0 Å². The molecule has 0 aliphatic carbocycles. The maximum Gasteiger partial charge on any atom is 0.260 e. The fourth-order valence-electron chi connectivity index (χ4n) is 0.836. The zero-order chi connectivity index (χ0) is 11.1. The largest absolute Gasteiger partial charge is 0.263 e. The lowest BCUT2D eigenvalue weighted by molar-refractivity contribution is -0.491. The van der Waals surface area contributed by atoms with Crippen LogP contribution in [0.3, 0.4) is 0 Å². The number of nitrogens with zero attached hydrogens (tertiary/aromatic N) is 2. The Bertz CT molecular complexity index is 192. The highest BCUT2D eigenvalue weighted by Gasteiger charge is 2.17. The highest BCUT2D eigenvalue weighted by atomic mass is 127. The van der Waals surface area contributed by atoms with Crippen LogP contribution in [0, 0.1) is 20.2 Å². The van der Waals surface area contributed by atoms with Crippen molar-refractivity contribution >= 4 is 45.2 Å². The predicted molar refractivity (Wildman–Crippen MR) is 68.1 cm³/mol. The topological polar surface area (TPSA) is 86.3 Å². The maximum atomic E-state index is 10.2. The van der Waals surface area contributed by atoms with E-state index in [2.05, 4.69) is 0 Å². The minimum absolute atomic E-state index is 0.338. The molecule has 0 aliphatic heterocycles. The summed E-state index contributed by atoms with van der Waals surface area (Å²) in [5, 5.41) is 20.4. The molecule has 0 bridgehead atoms. The molecule has 8 heteroatoms. The smallest absolute Gasteiger partial charge is 0.260 e. The Morgan fingerprint density at radius 1 is 0.929 bits per heavy atom. The highest BCUT2D eigenvalue weighted by Crippen LogP contribution is 2.15. The second-order valence-electron chi connectivity index (χ2n) is 2.72. The van der Waals surface area contributed by atoms with E-state index in [1.54, 1.807) is 45.2 Å². The van der Waals surface area contributed by atoms with Gasteiger partial charge in [0.05, 0.1) is 0 Å². The lowest BCUT2D eigenvalue weighted by Crippen LogP contribution is -2.13. The molecule has 0 aliphatic rings. The molecule has 0 heterocycles. The van der Waals surface area contributed by atoms with Crippen molar-refractivity contribution in [3.05, 3.63) is 20.2 Å². The summed E-state index contributed by atoms with van der Waals surface area (Å²) in [6.07, 6.45) is 2.30. The van der Waals surface area contributed by atoms with Crippen LogP contribution in [0.15, 0.2) is 0 Å². The first kappa shape index (κ1) is 14.3. The van der Waals surface area contributed by atoms with Gasteiger partial charge in [0, 0.05) is 67.9 Å². The molecular weight excluding hydrogens is 418 g/mol. The Morgan fingerprint density at radius 3 is 1.43 bits per heavy atom. The van der Waals surface area contributed by atoms with Crippen LogP contribution in [0.4, 0.5) is 0 Å². The van der Waals surface area contributed by atoms with Crippen molar-refractivity contribution in [3.63, 3.8) is 0 Å². The molecular formula is C6H10I2N2O4. The minimum atomic E-state index is -0.573. The average Bonchev–Trinajstić information content (AvgIpc) is 2.11. The lowest BCUT2D eigenvalue weighted by Gasteiger charge is -2.03. The third kappa shape index (κ3) is 6.68. The van der Waals surface area contributed by atoms with Gasteiger partial charge in [-0.2, -0.15) is 0 Å². The second kappa shape index (κ2) is 7.54. The quantitative estimate of drug-likeness (QED) is 0.156. The van der Waals surface area contributed by atoms with E-state index >= 15 is 0 Å². The fourth-order valence-corrected chi connectivity index (χ4v) is 1.72. The monoisotopic (exact) mass is 428 g/mol. The maximum absolute atomic E-state index is 10.2. The summed E-state index contributed by atoms with van der Waals surface area (Å²) < 4.78 is -1.15. The molecule has 6 nitrogen and oxygen atoms in total. The second-order valence-corrected chi connectivity index (χ2v) is 5.60. The summed E-state index contributed by atoms with van der Waals surface area (Å²) in [5.74, 6) is 0. The molecule has 2 atom stereocenters. The van der Waals surface area contributed by atoms with Gasteiger partial charge in [0.1, 0.15) is 0 Å². The van der Waals surface area contributed by atoms with Gasteiger partial charge in [-0.3, -0.25) is 20.2 Å². The van der Waals surface area contributed by atoms with Crippen molar-refractivity contribution < 1.29 is 9.85 Å². The fraction of sp³-hybridized carbons (Fsp3) is 1.00. The Balaban J connectivity index is 3.47. The Morgan fingerprint density at radius 2 is 1.21 bits per heavy atom. The van der Waals surface area contributed by atoms with Crippen LogP contribution in [-0.2, 0) is 0 Å². The number of rotatable bonds is 7. The van der Waals surface area contributed by atoms with Gasteiger partial charge in [0.25, 0.3) is 8.10 Å². The number of nitro groups is 2. The van der Waals surface area contributed by atoms with Gasteiger partial charge in [-0.15, -0.1) is 0 Å². The average molecular weight is 428 g/mol. The molecule has 0 amide bonds. The normalized spacial score (nSPS) is 14.7. The van der Waals surface area contributed by atoms with Crippen LogP contribution in [-0.4, -0.2) is 17.9 Å². The first-order chi connectivity index (χ1) is 6.45. The molecule has 0 spiro atoms. The van der Waals surface area contributed by atoms with Crippen LogP contribution in [0.5, 0.6) is 0 Å². The van der Waals surface area contributed by atoms with Gasteiger partial charge in [-0.1, -0.05) is 0 Å². The molecule has 2 unspecified atom stereocenters. The van der Waals surface area contributed by atoms with E-state index in [-0.39, 0.29) is 9.85 Å². The van der Waals surface area contributed by atoms with E-state index < -0.39 is 8.10 Å². The molecule has 0 N–H and O–H groups in total. The summed E-state index contributed by atoms with van der Waals surface area (Å²) in [6, 6.07) is 0. The van der Waals surface area contributed by atoms with Crippen LogP contribution in [0.2, 0.25) is 0 Å². The molecule has 0 rings (SSSR count). The van der Waals surface area contributed by atoms with E-state index in [1.807, 2.05) is 0 Å². The van der Waals surface area contributed by atoms with Gasteiger partial charge in [-0.05, 0) is 12.8 Å². The Labute approximate surface area is 108 Å². The van der Waals surface area contributed by atoms with Crippen molar-refractivity contribution in [2.24, 2.45) is 0 Å². The summed E-state index contributed by atoms with van der Waals surface area (Å²) in [5.41, 5.74) is 0. The van der Waals surface area contributed by atoms with Crippen LogP contribution < -0.4 is 0 Å². The third-order valence-corrected chi connectivity index (χ3v) is 3.75. The molecule has 0 radical (unpaired) electrons. The van der Waals surface area contributed by atoms with E-state index in [9.17, 15) is 20.2 Å². The van der Waals surface area contributed by atoms with Crippen molar-refractivity contribution in [3.8, 4) is 0 Å². The number of hydrogen-bond donors (Lipinski definition) is 0. The van der Waals surface area contributed by atoms with Crippen molar-refractivity contribution in [1.82, 2.24) is 0 Å². The summed E-state index contributed by atoms with van der Waals surface area (Å²) in [4.78, 5) is 19.8. The minimum Gasteiger partial charge on any atom is -0.263 e. The summed E-state index contributed by atoms with van der Waals surface area (Å²) >= 11 is 3.53. The van der Waals surface area contributed by atoms with E-state index in [0.717, 1.165) is 0 Å². The SMILES string of the molecule is O=[N+]([O-])C(I)CCCCC(I)[N+](=O)[O-]. The number of hydrogen-bond acceptors (Lipinski definition) is 4. The number of halogens is 2. The number of alkyl halides is 2. The number of unbranched alkanes of at least 4 members (excludes halogenated alkanes) is 1. The van der Waals surface area contributed by atoms with Gasteiger partial charge < -0.3 is 0 Å². The van der Waals surface area contributed by atoms with Crippen LogP contribution in [0.25, 0.3) is 0 Å². The predicted octanol–water partition coefficient (Wildman–Crippen LogP) is 2.62. The molecule has 14 heavy (non-hydrogen) atoms. The highest BCUT2D eigenvalue weighted by molar-refractivity contribution is 14.1.